The lowest BCUT2D eigenvalue weighted by Crippen LogP contribution is -2.28. The molecule has 2 N–H and O–H groups in total. The second-order valence-electron chi connectivity index (χ2n) is 7.35. The fraction of sp³-hybridized carbons (Fsp3) is 0.240. The predicted octanol–water partition coefficient (Wildman–Crippen LogP) is 4.49. The fourth-order valence-electron chi connectivity index (χ4n) is 4.05. The summed E-state index contributed by atoms with van der Waals surface area (Å²) in [5, 5.41) is 12.8. The molecule has 1 aliphatic carbocycles. The number of carbonyl (C=O) groups excluding carboxylic acids is 1. The number of hydrogen-bond donors (Lipinski definition) is 2. The van der Waals surface area contributed by atoms with Crippen LogP contribution in [0, 0.1) is 0 Å². The van der Waals surface area contributed by atoms with Gasteiger partial charge in [-0.1, -0.05) is 48.5 Å². The molecule has 0 aliphatic heterocycles. The first-order valence-corrected chi connectivity index (χ1v) is 10.1. The van der Waals surface area contributed by atoms with Crippen molar-refractivity contribution in [1.82, 2.24) is 5.32 Å². The standard InChI is InChI=1S/C25H25NO5/c1-29-22-13-16(14-23(30-2)24(22)27)11-12-26-25(28)31-15-21-19-9-5-3-7-17(19)18-8-4-6-10-20(18)21/h3-10,13-14,21,27H,11-12,15H2,1-2H3,(H,26,28). The molecular weight excluding hydrogens is 394 g/mol. The molecule has 160 valence electrons. The molecule has 6 heteroatoms. The molecule has 1 aliphatic rings. The van der Waals surface area contributed by atoms with Crippen LogP contribution >= 0.6 is 0 Å². The number of nitrogens with one attached hydrogen (secondary N) is 1. The van der Waals surface area contributed by atoms with Crippen molar-refractivity contribution in [1.29, 1.82) is 0 Å². The van der Waals surface area contributed by atoms with Crippen LogP contribution in [0.4, 0.5) is 4.79 Å². The van der Waals surface area contributed by atoms with Gasteiger partial charge in [-0.25, -0.2) is 4.79 Å². The van der Waals surface area contributed by atoms with E-state index in [1.54, 1.807) is 12.1 Å². The van der Waals surface area contributed by atoms with Crippen LogP contribution in [0.5, 0.6) is 17.2 Å². The Kier molecular flexibility index (Phi) is 5.98. The maximum atomic E-state index is 12.3. The molecule has 0 unspecified atom stereocenters. The van der Waals surface area contributed by atoms with Crippen LogP contribution in [0.1, 0.15) is 22.6 Å². The topological polar surface area (TPSA) is 77.0 Å². The summed E-state index contributed by atoms with van der Waals surface area (Å²) in [6.07, 6.45) is 0.0802. The summed E-state index contributed by atoms with van der Waals surface area (Å²) in [5.74, 6) is 0.646. The Morgan fingerprint density at radius 2 is 1.48 bits per heavy atom. The molecule has 6 nitrogen and oxygen atoms in total. The maximum absolute atomic E-state index is 12.3. The van der Waals surface area contributed by atoms with Crippen molar-refractivity contribution in [2.45, 2.75) is 12.3 Å². The van der Waals surface area contributed by atoms with Crippen molar-refractivity contribution in [3.63, 3.8) is 0 Å². The predicted molar refractivity (Wildman–Crippen MR) is 118 cm³/mol. The molecule has 0 radical (unpaired) electrons. The Morgan fingerprint density at radius 1 is 0.935 bits per heavy atom. The number of phenols is 1. The smallest absolute Gasteiger partial charge is 0.407 e. The minimum atomic E-state index is -0.459. The summed E-state index contributed by atoms with van der Waals surface area (Å²) < 4.78 is 15.9. The number of methoxy groups -OCH3 is 2. The van der Waals surface area contributed by atoms with Gasteiger partial charge in [-0.3, -0.25) is 0 Å². The van der Waals surface area contributed by atoms with E-state index < -0.39 is 6.09 Å². The Balaban J connectivity index is 1.35. The van der Waals surface area contributed by atoms with Gasteiger partial charge in [-0.15, -0.1) is 0 Å². The van der Waals surface area contributed by atoms with E-state index >= 15 is 0 Å². The van der Waals surface area contributed by atoms with Crippen LogP contribution in [0.2, 0.25) is 0 Å². The normalized spacial score (nSPS) is 12.1. The molecule has 3 aromatic rings. The third kappa shape index (κ3) is 4.14. The second kappa shape index (κ2) is 9.00. The molecule has 0 heterocycles. The average molecular weight is 419 g/mol. The number of fused-ring (bicyclic) bond motifs is 3. The van der Waals surface area contributed by atoms with Crippen molar-refractivity contribution in [3.8, 4) is 28.4 Å². The third-order valence-electron chi connectivity index (χ3n) is 5.57. The quantitative estimate of drug-likeness (QED) is 0.590. The number of benzene rings is 3. The number of phenolic OH excluding ortho intramolecular Hbond substituents is 1. The molecule has 0 saturated carbocycles. The van der Waals surface area contributed by atoms with Gasteiger partial charge >= 0.3 is 6.09 Å². The molecule has 1 amide bonds. The number of aromatic hydroxyl groups is 1. The van der Waals surface area contributed by atoms with Crippen molar-refractivity contribution < 1.29 is 24.1 Å². The number of amides is 1. The highest BCUT2D eigenvalue weighted by molar-refractivity contribution is 5.79. The van der Waals surface area contributed by atoms with E-state index in [1.165, 1.54) is 36.5 Å². The summed E-state index contributed by atoms with van der Waals surface area (Å²) in [5.41, 5.74) is 5.62. The minimum absolute atomic E-state index is 0.0313. The zero-order valence-corrected chi connectivity index (χ0v) is 17.6. The highest BCUT2D eigenvalue weighted by Gasteiger charge is 2.28. The molecule has 0 atom stereocenters. The van der Waals surface area contributed by atoms with Gasteiger partial charge in [0.2, 0.25) is 5.75 Å². The van der Waals surface area contributed by atoms with E-state index in [0.29, 0.717) is 24.5 Å². The van der Waals surface area contributed by atoms with Gasteiger partial charge in [-0.05, 0) is 46.4 Å². The molecule has 0 spiro atoms. The van der Waals surface area contributed by atoms with Gasteiger partial charge in [0.25, 0.3) is 0 Å². The lowest BCUT2D eigenvalue weighted by atomic mass is 9.98. The first kappa shape index (κ1) is 20.6. The molecule has 0 saturated heterocycles. The van der Waals surface area contributed by atoms with E-state index in [0.717, 1.165) is 5.56 Å². The van der Waals surface area contributed by atoms with Crippen LogP contribution in [-0.2, 0) is 11.2 Å². The zero-order valence-electron chi connectivity index (χ0n) is 17.6. The first-order chi connectivity index (χ1) is 15.1. The Morgan fingerprint density at radius 3 is 2.03 bits per heavy atom. The summed E-state index contributed by atoms with van der Waals surface area (Å²) in [7, 11) is 2.96. The van der Waals surface area contributed by atoms with Gasteiger partial charge in [0.15, 0.2) is 11.5 Å². The van der Waals surface area contributed by atoms with Gasteiger partial charge in [0.1, 0.15) is 6.61 Å². The van der Waals surface area contributed by atoms with E-state index in [-0.39, 0.29) is 18.3 Å². The molecule has 0 aromatic heterocycles. The molecule has 0 bridgehead atoms. The highest BCUT2D eigenvalue weighted by Crippen LogP contribution is 2.44. The highest BCUT2D eigenvalue weighted by atomic mass is 16.5. The second-order valence-corrected chi connectivity index (χ2v) is 7.35. The average Bonchev–Trinajstić information content (AvgIpc) is 3.12. The fourth-order valence-corrected chi connectivity index (χ4v) is 4.05. The van der Waals surface area contributed by atoms with Crippen LogP contribution in [-0.4, -0.2) is 38.6 Å². The van der Waals surface area contributed by atoms with Crippen molar-refractivity contribution >= 4 is 6.09 Å². The Bertz CT molecular complexity index is 1020. The minimum Gasteiger partial charge on any atom is -0.502 e. The maximum Gasteiger partial charge on any atom is 0.407 e. The lowest BCUT2D eigenvalue weighted by molar-refractivity contribution is 0.143. The van der Waals surface area contributed by atoms with Gasteiger partial charge in [-0.2, -0.15) is 0 Å². The number of carbonyl (C=O) groups is 1. The SMILES string of the molecule is COc1cc(CCNC(=O)OCC2c3ccccc3-c3ccccc32)cc(OC)c1O. The molecular formula is C25H25NO5. The van der Waals surface area contributed by atoms with Crippen LogP contribution < -0.4 is 14.8 Å². The van der Waals surface area contributed by atoms with E-state index in [1.807, 2.05) is 24.3 Å². The number of rotatable bonds is 7. The number of hydrogen-bond acceptors (Lipinski definition) is 5. The Labute approximate surface area is 181 Å². The molecule has 4 rings (SSSR count). The van der Waals surface area contributed by atoms with Gasteiger partial charge < -0.3 is 24.6 Å². The zero-order chi connectivity index (χ0) is 21.8. The van der Waals surface area contributed by atoms with Crippen LogP contribution in [0.3, 0.4) is 0 Å². The Hall–Kier alpha value is -3.67. The van der Waals surface area contributed by atoms with Crippen LogP contribution in [0.15, 0.2) is 60.7 Å². The summed E-state index contributed by atoms with van der Waals surface area (Å²) >= 11 is 0. The first-order valence-electron chi connectivity index (χ1n) is 10.1. The summed E-state index contributed by atoms with van der Waals surface area (Å²) in [4.78, 5) is 12.3. The van der Waals surface area contributed by atoms with Crippen LogP contribution in [0.25, 0.3) is 11.1 Å². The van der Waals surface area contributed by atoms with Crippen molar-refractivity contribution in [2.75, 3.05) is 27.4 Å². The number of ether oxygens (including phenoxy) is 3. The molecule has 0 fully saturated rings. The van der Waals surface area contributed by atoms with Gasteiger partial charge in [0.05, 0.1) is 14.2 Å². The summed E-state index contributed by atoms with van der Waals surface area (Å²) in [6.45, 7) is 0.661. The molecule has 31 heavy (non-hydrogen) atoms. The van der Waals surface area contributed by atoms with Gasteiger partial charge in [0, 0.05) is 12.5 Å². The lowest BCUT2D eigenvalue weighted by Gasteiger charge is -2.15. The van der Waals surface area contributed by atoms with E-state index in [9.17, 15) is 9.90 Å². The van der Waals surface area contributed by atoms with E-state index in [4.69, 9.17) is 14.2 Å². The van der Waals surface area contributed by atoms with Crippen molar-refractivity contribution in [3.05, 3.63) is 77.4 Å². The third-order valence-corrected chi connectivity index (χ3v) is 5.57. The van der Waals surface area contributed by atoms with E-state index in [2.05, 4.69) is 29.6 Å². The van der Waals surface area contributed by atoms with Crippen molar-refractivity contribution in [2.24, 2.45) is 0 Å². The number of alkyl carbamates (subject to hydrolysis) is 1. The molecule has 3 aromatic carbocycles. The summed E-state index contributed by atoms with van der Waals surface area (Å²) in [6, 6.07) is 19.9. The monoisotopic (exact) mass is 419 g/mol. The largest absolute Gasteiger partial charge is 0.502 e.